The Morgan fingerprint density at radius 2 is 1.79 bits per heavy atom. The second kappa shape index (κ2) is 5.99. The van der Waals surface area contributed by atoms with Crippen LogP contribution < -0.4 is 10.6 Å². The third kappa shape index (κ3) is 2.73. The third-order valence-electron chi connectivity index (χ3n) is 4.02. The van der Waals surface area contributed by atoms with Gasteiger partial charge in [-0.2, -0.15) is 0 Å². The minimum absolute atomic E-state index is 0.0394. The minimum atomic E-state index is -1.09. The van der Waals surface area contributed by atoms with Gasteiger partial charge in [0.15, 0.2) is 11.6 Å². The van der Waals surface area contributed by atoms with Crippen molar-refractivity contribution in [2.75, 3.05) is 11.4 Å². The van der Waals surface area contributed by atoms with E-state index in [4.69, 9.17) is 5.73 Å². The fourth-order valence-corrected chi connectivity index (χ4v) is 2.95. The second-order valence-corrected chi connectivity index (χ2v) is 5.55. The fraction of sp³-hybridized carbons (Fsp3) is 0.176. The summed E-state index contributed by atoms with van der Waals surface area (Å²) in [5.41, 5.74) is 5.67. The van der Waals surface area contributed by atoms with Crippen molar-refractivity contribution >= 4 is 17.5 Å². The molecule has 2 aromatic carbocycles. The zero-order valence-electron chi connectivity index (χ0n) is 12.4. The normalized spacial score (nSPS) is 16.9. The summed E-state index contributed by atoms with van der Waals surface area (Å²) < 4.78 is 41.3. The third-order valence-corrected chi connectivity index (χ3v) is 4.02. The number of carbonyl (C=O) groups is 2. The number of halogens is 3. The average Bonchev–Trinajstić information content (AvgIpc) is 2.53. The Morgan fingerprint density at radius 1 is 1.12 bits per heavy atom. The number of fused-ring (bicyclic) bond motifs is 1. The molecule has 0 fully saturated rings. The van der Waals surface area contributed by atoms with Gasteiger partial charge in [0, 0.05) is 17.9 Å². The predicted octanol–water partition coefficient (Wildman–Crippen LogP) is 2.46. The van der Waals surface area contributed by atoms with Gasteiger partial charge >= 0.3 is 0 Å². The van der Waals surface area contributed by atoms with Gasteiger partial charge in [-0.25, -0.2) is 13.2 Å². The maximum atomic E-state index is 14.4. The van der Waals surface area contributed by atoms with Gasteiger partial charge in [-0.1, -0.05) is 12.1 Å². The number of primary amides is 1. The van der Waals surface area contributed by atoms with E-state index in [0.29, 0.717) is 5.56 Å². The summed E-state index contributed by atoms with van der Waals surface area (Å²) in [6.45, 7) is -0.424. The van der Waals surface area contributed by atoms with Crippen molar-refractivity contribution < 1.29 is 22.8 Å². The largest absolute Gasteiger partial charge is 0.368 e. The highest BCUT2D eigenvalue weighted by atomic mass is 19.2. The van der Waals surface area contributed by atoms with Crippen LogP contribution in [-0.4, -0.2) is 18.4 Å². The van der Waals surface area contributed by atoms with Crippen molar-refractivity contribution in [1.82, 2.24) is 0 Å². The van der Waals surface area contributed by atoms with E-state index in [0.717, 1.165) is 11.0 Å². The lowest BCUT2D eigenvalue weighted by molar-refractivity contribution is -0.122. The number of amides is 2. The second-order valence-electron chi connectivity index (χ2n) is 5.55. The van der Waals surface area contributed by atoms with Gasteiger partial charge in [0.1, 0.15) is 12.4 Å². The van der Waals surface area contributed by atoms with E-state index in [2.05, 4.69) is 0 Å². The van der Waals surface area contributed by atoms with Crippen LogP contribution in [0.1, 0.15) is 23.5 Å². The monoisotopic (exact) mass is 334 g/mol. The molecule has 3 rings (SSSR count). The van der Waals surface area contributed by atoms with Gasteiger partial charge in [0.2, 0.25) is 11.8 Å². The average molecular weight is 334 g/mol. The van der Waals surface area contributed by atoms with Crippen molar-refractivity contribution in [2.45, 2.75) is 12.3 Å². The summed E-state index contributed by atoms with van der Waals surface area (Å²) in [5, 5.41) is 0. The molecule has 7 heteroatoms. The van der Waals surface area contributed by atoms with Crippen molar-refractivity contribution in [2.24, 2.45) is 5.73 Å². The van der Waals surface area contributed by atoms with Crippen LogP contribution in [0.25, 0.3) is 0 Å². The van der Waals surface area contributed by atoms with Crippen LogP contribution in [0.5, 0.6) is 0 Å². The minimum Gasteiger partial charge on any atom is -0.368 e. The molecule has 124 valence electrons. The van der Waals surface area contributed by atoms with Crippen molar-refractivity contribution in [3.05, 3.63) is 65.0 Å². The number of rotatable bonds is 3. The Balaban J connectivity index is 2.17. The predicted molar refractivity (Wildman–Crippen MR) is 80.8 cm³/mol. The number of nitrogens with two attached hydrogens (primary N) is 1. The molecule has 0 radical (unpaired) electrons. The van der Waals surface area contributed by atoms with Crippen LogP contribution >= 0.6 is 0 Å². The molecule has 0 bridgehead atoms. The molecule has 2 amide bonds. The Kier molecular flexibility index (Phi) is 4.01. The maximum Gasteiger partial charge on any atom is 0.237 e. The zero-order valence-corrected chi connectivity index (χ0v) is 12.4. The molecule has 0 aromatic heterocycles. The lowest BCUT2D eigenvalue weighted by Gasteiger charge is -2.34. The summed E-state index contributed by atoms with van der Waals surface area (Å²) in [5.74, 6) is -4.61. The maximum absolute atomic E-state index is 14.4. The number of hydrogen-bond donors (Lipinski definition) is 1. The summed E-state index contributed by atoms with van der Waals surface area (Å²) >= 11 is 0. The summed E-state index contributed by atoms with van der Waals surface area (Å²) in [7, 11) is 0. The smallest absolute Gasteiger partial charge is 0.237 e. The molecule has 1 unspecified atom stereocenters. The first-order valence-corrected chi connectivity index (χ1v) is 7.20. The molecule has 0 saturated carbocycles. The number of nitrogens with zero attached hydrogens (tertiary/aromatic N) is 1. The van der Waals surface area contributed by atoms with E-state index in [1.807, 2.05) is 0 Å². The van der Waals surface area contributed by atoms with E-state index < -0.39 is 41.7 Å². The molecule has 1 aliphatic rings. The van der Waals surface area contributed by atoms with E-state index in [1.165, 1.54) is 30.3 Å². The number of benzene rings is 2. The van der Waals surface area contributed by atoms with E-state index in [1.54, 1.807) is 0 Å². The molecule has 24 heavy (non-hydrogen) atoms. The first kappa shape index (κ1) is 16.0. The van der Waals surface area contributed by atoms with Crippen LogP contribution in [0.15, 0.2) is 36.4 Å². The highest BCUT2D eigenvalue weighted by molar-refractivity contribution is 6.01. The van der Waals surface area contributed by atoms with Crippen LogP contribution in [-0.2, 0) is 9.59 Å². The van der Waals surface area contributed by atoms with Gasteiger partial charge in [-0.15, -0.1) is 0 Å². The SMILES string of the molecule is NC(=O)CN1C(=O)CC(c2ccc(F)cc2)c2c1ccc(F)c2F. The Hall–Kier alpha value is -2.83. The Labute approximate surface area is 135 Å². The molecule has 0 aliphatic carbocycles. The van der Waals surface area contributed by atoms with Crippen molar-refractivity contribution in [3.63, 3.8) is 0 Å². The van der Waals surface area contributed by atoms with Gasteiger partial charge in [-0.05, 0) is 29.8 Å². The van der Waals surface area contributed by atoms with Crippen LogP contribution in [0.2, 0.25) is 0 Å². The van der Waals surface area contributed by atoms with Crippen molar-refractivity contribution in [1.29, 1.82) is 0 Å². The van der Waals surface area contributed by atoms with Crippen LogP contribution in [0.3, 0.4) is 0 Å². The van der Waals surface area contributed by atoms with Gasteiger partial charge in [-0.3, -0.25) is 9.59 Å². The number of hydrogen-bond acceptors (Lipinski definition) is 2. The van der Waals surface area contributed by atoms with Gasteiger partial charge < -0.3 is 10.6 Å². The molecule has 1 atom stereocenters. The van der Waals surface area contributed by atoms with E-state index >= 15 is 0 Å². The summed E-state index contributed by atoms with van der Waals surface area (Å²) in [6.07, 6.45) is -0.174. The molecule has 0 spiro atoms. The molecular weight excluding hydrogens is 321 g/mol. The molecule has 2 N–H and O–H groups in total. The molecule has 1 heterocycles. The lowest BCUT2D eigenvalue weighted by atomic mass is 9.83. The first-order valence-electron chi connectivity index (χ1n) is 7.20. The molecule has 4 nitrogen and oxygen atoms in total. The highest BCUT2D eigenvalue weighted by Crippen LogP contribution is 2.42. The fourth-order valence-electron chi connectivity index (χ4n) is 2.95. The highest BCUT2D eigenvalue weighted by Gasteiger charge is 2.36. The topological polar surface area (TPSA) is 63.4 Å². The lowest BCUT2D eigenvalue weighted by Crippen LogP contribution is -2.42. The summed E-state index contributed by atoms with van der Waals surface area (Å²) in [4.78, 5) is 24.6. The quantitative estimate of drug-likeness (QED) is 0.937. The molecular formula is C17H13F3N2O2. The standard InChI is InChI=1S/C17H13F3N2O2/c18-10-3-1-9(2-4-10)11-7-15(24)22(8-14(21)23)13-6-5-12(19)17(20)16(11)13/h1-6,11H,7-8H2,(H2,21,23). The number of carbonyl (C=O) groups excluding carboxylic acids is 2. The first-order chi connectivity index (χ1) is 11.4. The summed E-state index contributed by atoms with van der Waals surface area (Å²) in [6, 6.07) is 7.35. The zero-order chi connectivity index (χ0) is 17.4. The molecule has 2 aromatic rings. The van der Waals surface area contributed by atoms with Gasteiger partial charge in [0.05, 0.1) is 5.69 Å². The van der Waals surface area contributed by atoms with Gasteiger partial charge in [0.25, 0.3) is 0 Å². The van der Waals surface area contributed by atoms with Crippen molar-refractivity contribution in [3.8, 4) is 0 Å². The van der Waals surface area contributed by atoms with E-state index in [-0.39, 0.29) is 17.7 Å². The molecule has 0 saturated heterocycles. The molecule has 1 aliphatic heterocycles. The number of anilines is 1. The van der Waals surface area contributed by atoms with Crippen LogP contribution in [0.4, 0.5) is 18.9 Å². The Bertz CT molecular complexity index is 821. The van der Waals surface area contributed by atoms with E-state index in [9.17, 15) is 22.8 Å². The Morgan fingerprint density at radius 3 is 2.42 bits per heavy atom. The van der Waals surface area contributed by atoms with Crippen LogP contribution in [0, 0.1) is 17.5 Å².